The molecule has 0 bridgehead atoms. The van der Waals surface area contributed by atoms with Crippen molar-refractivity contribution in [2.45, 2.75) is 32.7 Å². The van der Waals surface area contributed by atoms with Crippen LogP contribution in [0.4, 0.5) is 0 Å². The predicted octanol–water partition coefficient (Wildman–Crippen LogP) is 0.650. The monoisotopic (exact) mass is 347 g/mol. The number of nitrogens with zero attached hydrogens (tertiary/aromatic N) is 1. The number of carbonyl (C=O) groups is 2. The molecular weight excluding hydrogens is 320 g/mol. The van der Waals surface area contributed by atoms with Gasteiger partial charge in [0.05, 0.1) is 37.9 Å². The van der Waals surface area contributed by atoms with Crippen LogP contribution in [0, 0.1) is 0 Å². The molecule has 0 radical (unpaired) electrons. The first kappa shape index (κ1) is 19.1. The summed E-state index contributed by atoms with van der Waals surface area (Å²) >= 11 is 0. The molecule has 0 unspecified atom stereocenters. The van der Waals surface area contributed by atoms with Gasteiger partial charge in [-0.15, -0.1) is 0 Å². The molecule has 0 fully saturated rings. The van der Waals surface area contributed by atoms with E-state index in [0.717, 1.165) is 5.56 Å². The number of amides is 1. The summed E-state index contributed by atoms with van der Waals surface area (Å²) in [5, 5.41) is 21.0. The highest BCUT2D eigenvalue weighted by Gasteiger charge is 2.42. The second-order valence-corrected chi connectivity index (χ2v) is 6.63. The van der Waals surface area contributed by atoms with Crippen molar-refractivity contribution in [2.24, 2.45) is 0 Å². The van der Waals surface area contributed by atoms with Gasteiger partial charge in [0.2, 0.25) is 0 Å². The van der Waals surface area contributed by atoms with Gasteiger partial charge >= 0.3 is 0 Å². The smallest absolute Gasteiger partial charge is 0.290 e. The lowest BCUT2D eigenvalue weighted by Gasteiger charge is -2.26. The van der Waals surface area contributed by atoms with Crippen LogP contribution in [-0.4, -0.2) is 53.0 Å². The van der Waals surface area contributed by atoms with E-state index in [1.807, 2.05) is 29.6 Å². The minimum atomic E-state index is -0.561. The molecule has 1 aliphatic heterocycles. The molecular formula is C19H27N2O4+. The number of ketones is 1. The second-order valence-electron chi connectivity index (χ2n) is 6.63. The normalized spacial score (nSPS) is 17.7. The van der Waals surface area contributed by atoms with Crippen LogP contribution in [0.2, 0.25) is 0 Å². The first-order valence-electron chi connectivity index (χ1n) is 8.65. The number of aliphatic hydroxyl groups is 2. The molecule has 1 atom stereocenters. The minimum Gasteiger partial charge on any atom is -0.503 e. The van der Waals surface area contributed by atoms with Gasteiger partial charge in [0, 0.05) is 0 Å². The lowest BCUT2D eigenvalue weighted by Crippen LogP contribution is -2.86. The van der Waals surface area contributed by atoms with Crippen LogP contribution < -0.4 is 5.32 Å². The predicted molar refractivity (Wildman–Crippen MR) is 94.1 cm³/mol. The summed E-state index contributed by atoms with van der Waals surface area (Å²) < 4.78 is 0. The van der Waals surface area contributed by atoms with Gasteiger partial charge in [-0.1, -0.05) is 38.1 Å². The van der Waals surface area contributed by atoms with Gasteiger partial charge in [-0.2, -0.15) is 0 Å². The molecule has 0 spiro atoms. The zero-order valence-electron chi connectivity index (χ0n) is 15.0. The second kappa shape index (κ2) is 8.27. The number of quaternary nitrogens is 1. The molecule has 1 aromatic rings. The third kappa shape index (κ3) is 4.08. The summed E-state index contributed by atoms with van der Waals surface area (Å²) in [6.07, 6.45) is 0. The fraction of sp³-hybridized carbons (Fsp3) is 0.474. The lowest BCUT2D eigenvalue weighted by molar-refractivity contribution is -0.655. The number of carbonyl (C=O) groups excluding carboxylic acids is 2. The van der Waals surface area contributed by atoms with Crippen LogP contribution in [0.5, 0.6) is 0 Å². The summed E-state index contributed by atoms with van der Waals surface area (Å²) in [7, 11) is 0. The third-order valence-corrected chi connectivity index (χ3v) is 4.51. The molecule has 136 valence electrons. The summed E-state index contributed by atoms with van der Waals surface area (Å²) in [4.78, 5) is 26.0. The Bertz CT molecular complexity index is 665. The third-order valence-electron chi connectivity index (χ3n) is 4.51. The van der Waals surface area contributed by atoms with Crippen molar-refractivity contribution in [3.05, 3.63) is 46.7 Å². The van der Waals surface area contributed by atoms with Crippen molar-refractivity contribution in [1.29, 1.82) is 0 Å². The van der Waals surface area contributed by atoms with Crippen LogP contribution in [-0.2, 0) is 9.59 Å². The van der Waals surface area contributed by atoms with Crippen molar-refractivity contribution in [3.8, 4) is 0 Å². The van der Waals surface area contributed by atoms with Crippen LogP contribution in [0.3, 0.4) is 0 Å². The number of benzene rings is 1. The molecule has 1 heterocycles. The maximum absolute atomic E-state index is 12.4. The van der Waals surface area contributed by atoms with Gasteiger partial charge in [0.1, 0.15) is 0 Å². The molecule has 0 saturated heterocycles. The molecule has 0 saturated carbocycles. The summed E-state index contributed by atoms with van der Waals surface area (Å²) in [6, 6.07) is 7.26. The molecule has 1 amide bonds. The number of hydrogen-bond acceptors (Lipinski definition) is 4. The maximum Gasteiger partial charge on any atom is 0.290 e. The van der Waals surface area contributed by atoms with Crippen LogP contribution in [0.1, 0.15) is 43.9 Å². The average molecular weight is 347 g/mol. The van der Waals surface area contributed by atoms with E-state index in [0.29, 0.717) is 25.6 Å². The van der Waals surface area contributed by atoms with Crippen LogP contribution in [0.15, 0.2) is 35.6 Å². The van der Waals surface area contributed by atoms with Gasteiger partial charge < -0.3 is 20.4 Å². The van der Waals surface area contributed by atoms with E-state index >= 15 is 0 Å². The summed E-state index contributed by atoms with van der Waals surface area (Å²) in [5.41, 5.74) is 2.15. The molecule has 1 aromatic carbocycles. The molecule has 0 aliphatic carbocycles. The molecule has 2 rings (SSSR count). The first-order chi connectivity index (χ1) is 11.9. The molecule has 4 N–H and O–H groups in total. The van der Waals surface area contributed by atoms with Crippen LogP contribution >= 0.6 is 0 Å². The Morgan fingerprint density at radius 1 is 1.24 bits per heavy atom. The van der Waals surface area contributed by atoms with E-state index in [-0.39, 0.29) is 18.0 Å². The fourth-order valence-electron chi connectivity index (χ4n) is 3.12. The highest BCUT2D eigenvalue weighted by Crippen LogP contribution is 2.37. The Kier molecular flexibility index (Phi) is 6.33. The number of nitrogens with two attached hydrogens (primary N) is 1. The largest absolute Gasteiger partial charge is 0.503 e. The maximum atomic E-state index is 12.4. The van der Waals surface area contributed by atoms with Gasteiger partial charge in [0.25, 0.3) is 5.91 Å². The lowest BCUT2D eigenvalue weighted by atomic mass is 9.94. The molecule has 6 heteroatoms. The molecule has 6 nitrogen and oxygen atoms in total. The highest BCUT2D eigenvalue weighted by molar-refractivity contribution is 6.08. The molecule has 25 heavy (non-hydrogen) atoms. The quantitative estimate of drug-likeness (QED) is 0.602. The Hall–Kier alpha value is -2.18. The number of aliphatic hydroxyl groups excluding tert-OH is 2. The van der Waals surface area contributed by atoms with Gasteiger partial charge in [0.15, 0.2) is 11.5 Å². The van der Waals surface area contributed by atoms with E-state index in [9.17, 15) is 14.7 Å². The zero-order chi connectivity index (χ0) is 18.6. The Morgan fingerprint density at radius 2 is 1.88 bits per heavy atom. The van der Waals surface area contributed by atoms with Crippen LogP contribution in [0.25, 0.3) is 0 Å². The van der Waals surface area contributed by atoms with E-state index in [1.165, 1.54) is 17.4 Å². The number of rotatable bonds is 8. The van der Waals surface area contributed by atoms with Crippen molar-refractivity contribution in [3.63, 3.8) is 0 Å². The number of Topliss-reactive ketones (excluding diaryl/α,β-unsaturated/α-hetero) is 1. The Labute approximate surface area is 148 Å². The van der Waals surface area contributed by atoms with Crippen molar-refractivity contribution >= 4 is 11.7 Å². The zero-order valence-corrected chi connectivity index (χ0v) is 15.0. The minimum absolute atomic E-state index is 0.0657. The number of hydrogen-bond donors (Lipinski definition) is 3. The van der Waals surface area contributed by atoms with Crippen molar-refractivity contribution < 1.29 is 25.1 Å². The Balaban J connectivity index is 2.32. The van der Waals surface area contributed by atoms with Gasteiger partial charge in [-0.05, 0) is 24.0 Å². The molecule has 1 aliphatic rings. The summed E-state index contributed by atoms with van der Waals surface area (Å²) in [5.74, 6) is -0.876. The van der Waals surface area contributed by atoms with Gasteiger partial charge in [-0.25, -0.2) is 0 Å². The standard InChI is InChI=1S/C19H26N2O4/c1-12(2)14-4-6-15(7-5-14)17-16(13(3)23)18(24)19(25)21(17)10-8-20-9-11-22/h4-7,12,17,20,22,24H,8-11H2,1-3H3/p+1/t17-/m1/s1. The molecule has 0 aromatic heterocycles. The topological polar surface area (TPSA) is 94.5 Å². The van der Waals surface area contributed by atoms with Crippen molar-refractivity contribution in [2.75, 3.05) is 26.2 Å². The first-order valence-corrected chi connectivity index (χ1v) is 8.65. The van der Waals surface area contributed by atoms with Gasteiger partial charge in [-0.3, -0.25) is 9.59 Å². The summed E-state index contributed by atoms with van der Waals surface area (Å²) in [6.45, 7) is 7.16. The van der Waals surface area contributed by atoms with Crippen molar-refractivity contribution in [1.82, 2.24) is 4.90 Å². The van der Waals surface area contributed by atoms with E-state index < -0.39 is 17.7 Å². The van der Waals surface area contributed by atoms with E-state index in [2.05, 4.69) is 13.8 Å². The van der Waals surface area contributed by atoms with E-state index in [4.69, 9.17) is 5.11 Å². The Morgan fingerprint density at radius 3 is 2.40 bits per heavy atom. The SMILES string of the molecule is CC(=O)C1=C(O)C(=O)N(CC[NH2+]CCO)[C@@H]1c1ccc(C(C)C)cc1. The fourth-order valence-corrected chi connectivity index (χ4v) is 3.12. The average Bonchev–Trinajstić information content (AvgIpc) is 2.83. The highest BCUT2D eigenvalue weighted by atomic mass is 16.3. The van der Waals surface area contributed by atoms with E-state index in [1.54, 1.807) is 0 Å².